The van der Waals surface area contributed by atoms with E-state index in [4.69, 9.17) is 4.42 Å². The molecule has 2 aromatic heterocycles. The van der Waals surface area contributed by atoms with Crippen LogP contribution in [0, 0.1) is 6.92 Å². The molecule has 12 heteroatoms. The van der Waals surface area contributed by atoms with Crippen LogP contribution in [0.2, 0.25) is 0 Å². The van der Waals surface area contributed by atoms with Gasteiger partial charge in [-0.15, -0.1) is 0 Å². The van der Waals surface area contributed by atoms with E-state index in [1.54, 1.807) is 38.1 Å². The number of nitrogens with one attached hydrogen (secondary N) is 2. The maximum absolute atomic E-state index is 12.8. The molecule has 0 unspecified atom stereocenters. The monoisotopic (exact) mass is 487 g/mol. The molecule has 2 N–H and O–H groups in total. The van der Waals surface area contributed by atoms with Crippen molar-refractivity contribution in [3.05, 3.63) is 57.9 Å². The van der Waals surface area contributed by atoms with Crippen LogP contribution in [0.1, 0.15) is 59.5 Å². The summed E-state index contributed by atoms with van der Waals surface area (Å²) in [5, 5.41) is 4.84. The number of sulfonamides is 1. The summed E-state index contributed by atoms with van der Waals surface area (Å²) >= 11 is 0. The van der Waals surface area contributed by atoms with Gasteiger partial charge in [0.15, 0.2) is 11.5 Å². The van der Waals surface area contributed by atoms with Crippen LogP contribution >= 0.6 is 0 Å². The number of fused-ring (bicyclic) bond motifs is 1. The van der Waals surface area contributed by atoms with Crippen molar-refractivity contribution < 1.29 is 22.4 Å². The maximum atomic E-state index is 12.8. The molecule has 0 saturated carbocycles. The third kappa shape index (κ3) is 4.21. The number of benzene rings is 1. The van der Waals surface area contributed by atoms with E-state index in [2.05, 4.69) is 16.0 Å². The number of nitrogens with zero attached hydrogens (tertiary/aromatic N) is 3. The van der Waals surface area contributed by atoms with Gasteiger partial charge in [-0.3, -0.25) is 25.2 Å². The summed E-state index contributed by atoms with van der Waals surface area (Å²) in [5.74, 6) is -1.76. The Balaban J connectivity index is 1.56. The molecule has 1 aromatic carbocycles. The number of aromatic nitrogens is 2. The van der Waals surface area contributed by atoms with Crippen molar-refractivity contribution in [2.75, 3.05) is 13.1 Å². The predicted octanol–water partition coefficient (Wildman–Crippen LogP) is 1.74. The molecule has 11 nitrogen and oxygen atoms in total. The highest BCUT2D eigenvalue weighted by molar-refractivity contribution is 7.89. The summed E-state index contributed by atoms with van der Waals surface area (Å²) in [6.45, 7) is 5.83. The van der Waals surface area contributed by atoms with Crippen LogP contribution in [0.5, 0.6) is 0 Å². The van der Waals surface area contributed by atoms with Gasteiger partial charge in [-0.1, -0.05) is 18.2 Å². The van der Waals surface area contributed by atoms with Gasteiger partial charge in [0.05, 0.1) is 11.4 Å². The van der Waals surface area contributed by atoms with Crippen molar-refractivity contribution >= 4 is 32.6 Å². The predicted molar refractivity (Wildman–Crippen MR) is 123 cm³/mol. The Labute approximate surface area is 195 Å². The first-order chi connectivity index (χ1) is 16.1. The van der Waals surface area contributed by atoms with E-state index in [-0.39, 0.29) is 33.7 Å². The number of rotatable bonds is 5. The molecular weight excluding hydrogens is 462 g/mol. The van der Waals surface area contributed by atoms with E-state index in [1.807, 2.05) is 0 Å². The number of aryl methyl sites for hydroxylation is 1. The first-order valence-corrected chi connectivity index (χ1v) is 12.3. The molecule has 1 aliphatic heterocycles. The summed E-state index contributed by atoms with van der Waals surface area (Å²) in [6.07, 6.45) is 1.56. The number of furan rings is 1. The highest BCUT2D eigenvalue weighted by Crippen LogP contribution is 2.26. The van der Waals surface area contributed by atoms with Gasteiger partial charge in [0, 0.05) is 24.5 Å². The van der Waals surface area contributed by atoms with E-state index in [1.165, 1.54) is 15.9 Å². The van der Waals surface area contributed by atoms with Crippen LogP contribution in [-0.2, 0) is 10.0 Å². The van der Waals surface area contributed by atoms with Gasteiger partial charge in [0.2, 0.25) is 10.0 Å². The van der Waals surface area contributed by atoms with E-state index in [0.717, 1.165) is 18.9 Å². The van der Waals surface area contributed by atoms with E-state index in [9.17, 15) is 22.8 Å². The molecule has 1 fully saturated rings. The molecule has 3 heterocycles. The molecule has 180 valence electrons. The minimum atomic E-state index is -3.77. The number of carbonyl (C=O) groups excluding carboxylic acids is 2. The van der Waals surface area contributed by atoms with Crippen LogP contribution in [0.15, 0.2) is 44.4 Å². The molecule has 0 spiro atoms. The average Bonchev–Trinajstić information content (AvgIpc) is 3.48. The second kappa shape index (κ2) is 9.03. The molecule has 4 rings (SSSR count). The summed E-state index contributed by atoms with van der Waals surface area (Å²) in [5.41, 5.74) is 4.11. The average molecular weight is 488 g/mol. The standard InChI is InChI=1S/C22H25N5O6S/c1-13(2)27-22(30)16-9-5-4-8-15(16)19(25-27)21(29)24-23-20(28)17-12-18(14(3)33-17)34(31,32)26-10-6-7-11-26/h4-5,8-9,12-13H,6-7,10-11H2,1-3H3,(H,23,28)(H,24,29). The topological polar surface area (TPSA) is 144 Å². The fourth-order valence-electron chi connectivity index (χ4n) is 3.86. The smallest absolute Gasteiger partial charge is 0.305 e. The van der Waals surface area contributed by atoms with Crippen LogP contribution in [0.3, 0.4) is 0 Å². The number of hydrogen-bond acceptors (Lipinski definition) is 7. The lowest BCUT2D eigenvalue weighted by atomic mass is 10.1. The highest BCUT2D eigenvalue weighted by atomic mass is 32.2. The van der Waals surface area contributed by atoms with Crippen LogP contribution in [0.25, 0.3) is 10.8 Å². The van der Waals surface area contributed by atoms with Gasteiger partial charge in [0.1, 0.15) is 10.7 Å². The molecular formula is C22H25N5O6S. The van der Waals surface area contributed by atoms with Crippen LogP contribution < -0.4 is 16.4 Å². The Bertz CT molecular complexity index is 1430. The lowest BCUT2D eigenvalue weighted by Gasteiger charge is -2.14. The number of hydrazine groups is 1. The Morgan fingerprint density at radius 2 is 1.68 bits per heavy atom. The molecule has 1 saturated heterocycles. The van der Waals surface area contributed by atoms with Crippen LogP contribution in [-0.4, -0.2) is 47.4 Å². The lowest BCUT2D eigenvalue weighted by Crippen LogP contribution is -2.42. The number of amides is 2. The Kier molecular flexibility index (Phi) is 6.28. The molecule has 0 bridgehead atoms. The second-order valence-electron chi connectivity index (χ2n) is 8.29. The molecule has 34 heavy (non-hydrogen) atoms. The number of carbonyl (C=O) groups is 2. The van der Waals surface area contributed by atoms with Crippen molar-refractivity contribution in [3.8, 4) is 0 Å². The lowest BCUT2D eigenvalue weighted by molar-refractivity contribution is 0.0827. The van der Waals surface area contributed by atoms with Gasteiger partial charge in [-0.2, -0.15) is 9.40 Å². The molecule has 0 atom stereocenters. The Morgan fingerprint density at radius 3 is 2.32 bits per heavy atom. The minimum Gasteiger partial charge on any atom is -0.455 e. The largest absolute Gasteiger partial charge is 0.455 e. The zero-order chi connectivity index (χ0) is 24.6. The van der Waals surface area contributed by atoms with Gasteiger partial charge >= 0.3 is 5.91 Å². The summed E-state index contributed by atoms with van der Waals surface area (Å²) < 4.78 is 33.5. The van der Waals surface area contributed by atoms with Crippen molar-refractivity contribution in [1.82, 2.24) is 24.9 Å². The molecule has 0 radical (unpaired) electrons. The SMILES string of the molecule is Cc1oc(C(=O)NNC(=O)c2nn(C(C)C)c(=O)c3ccccc23)cc1S(=O)(=O)N1CCCC1. The van der Waals surface area contributed by atoms with E-state index >= 15 is 0 Å². The zero-order valence-corrected chi connectivity index (χ0v) is 19.8. The second-order valence-corrected chi connectivity index (χ2v) is 10.2. The van der Waals surface area contributed by atoms with Gasteiger partial charge in [-0.05, 0) is 39.7 Å². The fraction of sp³-hybridized carbons (Fsp3) is 0.364. The maximum Gasteiger partial charge on any atom is 0.305 e. The van der Waals surface area contributed by atoms with E-state index < -0.39 is 21.8 Å². The molecule has 2 amide bonds. The summed E-state index contributed by atoms with van der Waals surface area (Å²) in [4.78, 5) is 38.0. The third-order valence-corrected chi connectivity index (χ3v) is 7.61. The summed E-state index contributed by atoms with van der Waals surface area (Å²) in [7, 11) is -3.77. The third-order valence-electron chi connectivity index (χ3n) is 5.60. The van der Waals surface area contributed by atoms with Gasteiger partial charge in [0.25, 0.3) is 11.5 Å². The van der Waals surface area contributed by atoms with Crippen molar-refractivity contribution in [2.24, 2.45) is 0 Å². The van der Waals surface area contributed by atoms with E-state index in [0.29, 0.717) is 23.9 Å². The fourth-order valence-corrected chi connectivity index (χ4v) is 5.54. The molecule has 1 aliphatic rings. The van der Waals surface area contributed by atoms with Gasteiger partial charge in [-0.25, -0.2) is 13.1 Å². The number of hydrogen-bond donors (Lipinski definition) is 2. The van der Waals surface area contributed by atoms with Crippen molar-refractivity contribution in [1.29, 1.82) is 0 Å². The Morgan fingerprint density at radius 1 is 1.06 bits per heavy atom. The molecule has 0 aliphatic carbocycles. The molecule has 3 aromatic rings. The highest BCUT2D eigenvalue weighted by Gasteiger charge is 2.32. The first kappa shape index (κ1) is 23.6. The minimum absolute atomic E-state index is 0.0443. The zero-order valence-electron chi connectivity index (χ0n) is 19.0. The first-order valence-electron chi connectivity index (χ1n) is 10.8. The normalized spacial score (nSPS) is 14.6. The van der Waals surface area contributed by atoms with Crippen molar-refractivity contribution in [2.45, 2.75) is 44.6 Å². The summed E-state index contributed by atoms with van der Waals surface area (Å²) in [6, 6.07) is 7.41. The van der Waals surface area contributed by atoms with Gasteiger partial charge < -0.3 is 4.42 Å². The quantitative estimate of drug-likeness (QED) is 0.522. The Hall–Kier alpha value is -3.51. The van der Waals surface area contributed by atoms with Crippen LogP contribution in [0.4, 0.5) is 0 Å². The van der Waals surface area contributed by atoms with Crippen molar-refractivity contribution in [3.63, 3.8) is 0 Å².